The fourth-order valence-electron chi connectivity index (χ4n) is 2.83. The maximum atomic E-state index is 11.3. The van der Waals surface area contributed by atoms with E-state index in [0.29, 0.717) is 19.1 Å². The number of carbonyl (C=O) groups excluding carboxylic acids is 1. The standard InChI is InChI=1S/C13H21BrN4O/c1-9-13(14)11(17(2)16-9)7-18(8-12(15)19)10-5-3-4-6-10/h10H,3-8H2,1-2H3,(H2,15,19). The van der Waals surface area contributed by atoms with Crippen molar-refractivity contribution in [2.45, 2.75) is 45.2 Å². The van der Waals surface area contributed by atoms with Gasteiger partial charge in [0.25, 0.3) is 0 Å². The molecule has 2 rings (SSSR count). The molecule has 1 aromatic rings. The maximum absolute atomic E-state index is 11.3. The van der Waals surface area contributed by atoms with Crippen LogP contribution in [0.1, 0.15) is 37.1 Å². The number of nitrogens with zero attached hydrogens (tertiary/aromatic N) is 3. The molecular formula is C13H21BrN4O. The van der Waals surface area contributed by atoms with Crippen LogP contribution in [0.2, 0.25) is 0 Å². The van der Waals surface area contributed by atoms with Crippen LogP contribution in [0.3, 0.4) is 0 Å². The average molecular weight is 329 g/mol. The minimum atomic E-state index is -0.262. The van der Waals surface area contributed by atoms with E-state index in [0.717, 1.165) is 28.7 Å². The molecule has 0 radical (unpaired) electrons. The number of aryl methyl sites for hydroxylation is 2. The molecule has 0 unspecified atom stereocenters. The molecule has 2 N–H and O–H groups in total. The zero-order chi connectivity index (χ0) is 14.0. The molecule has 1 aliphatic rings. The van der Waals surface area contributed by atoms with Crippen LogP contribution in [-0.2, 0) is 18.4 Å². The summed E-state index contributed by atoms with van der Waals surface area (Å²) >= 11 is 3.58. The molecule has 1 amide bonds. The molecule has 0 aliphatic heterocycles. The maximum Gasteiger partial charge on any atom is 0.231 e. The summed E-state index contributed by atoms with van der Waals surface area (Å²) in [5.41, 5.74) is 7.46. The highest BCUT2D eigenvalue weighted by molar-refractivity contribution is 9.10. The summed E-state index contributed by atoms with van der Waals surface area (Å²) in [7, 11) is 1.93. The Labute approximate surface area is 122 Å². The third-order valence-electron chi connectivity index (χ3n) is 3.81. The van der Waals surface area contributed by atoms with Crippen molar-refractivity contribution in [2.75, 3.05) is 6.54 Å². The van der Waals surface area contributed by atoms with Crippen LogP contribution >= 0.6 is 15.9 Å². The van der Waals surface area contributed by atoms with Gasteiger partial charge >= 0.3 is 0 Å². The number of aromatic nitrogens is 2. The van der Waals surface area contributed by atoms with Crippen molar-refractivity contribution >= 4 is 21.8 Å². The zero-order valence-electron chi connectivity index (χ0n) is 11.5. The first-order chi connectivity index (χ1) is 8.99. The predicted octanol–water partition coefficient (Wildman–Crippen LogP) is 1.72. The molecule has 0 aromatic carbocycles. The fourth-order valence-corrected chi connectivity index (χ4v) is 3.29. The summed E-state index contributed by atoms with van der Waals surface area (Å²) in [6.07, 6.45) is 4.79. The first-order valence-corrected chi connectivity index (χ1v) is 7.48. The van der Waals surface area contributed by atoms with Crippen LogP contribution in [0.25, 0.3) is 0 Å². The Kier molecular flexibility index (Phi) is 4.62. The first-order valence-electron chi connectivity index (χ1n) is 6.69. The number of rotatable bonds is 5. The third kappa shape index (κ3) is 3.36. The van der Waals surface area contributed by atoms with Gasteiger partial charge in [0.2, 0.25) is 5.91 Å². The average Bonchev–Trinajstić information content (AvgIpc) is 2.92. The van der Waals surface area contributed by atoms with Gasteiger partial charge in [-0.25, -0.2) is 0 Å². The number of amides is 1. The molecule has 0 saturated heterocycles. The lowest BCUT2D eigenvalue weighted by Crippen LogP contribution is -2.40. The van der Waals surface area contributed by atoms with Crippen LogP contribution < -0.4 is 5.73 Å². The molecule has 1 heterocycles. The Bertz CT molecular complexity index is 465. The number of primary amides is 1. The second-order valence-corrected chi connectivity index (χ2v) is 6.07. The van der Waals surface area contributed by atoms with E-state index in [2.05, 4.69) is 25.9 Å². The van der Waals surface area contributed by atoms with Gasteiger partial charge in [0, 0.05) is 19.6 Å². The topological polar surface area (TPSA) is 64.2 Å². The van der Waals surface area contributed by atoms with Gasteiger partial charge in [-0.15, -0.1) is 0 Å². The molecule has 5 nitrogen and oxygen atoms in total. The molecule has 1 aliphatic carbocycles. The molecule has 106 valence electrons. The number of carbonyl (C=O) groups is 1. The Balaban J connectivity index is 2.16. The summed E-state index contributed by atoms with van der Waals surface area (Å²) in [5.74, 6) is -0.262. The summed E-state index contributed by atoms with van der Waals surface area (Å²) < 4.78 is 2.91. The Morgan fingerprint density at radius 1 is 1.53 bits per heavy atom. The van der Waals surface area contributed by atoms with Crippen molar-refractivity contribution in [2.24, 2.45) is 12.8 Å². The van der Waals surface area contributed by atoms with Crippen molar-refractivity contribution in [3.8, 4) is 0 Å². The van der Waals surface area contributed by atoms with E-state index < -0.39 is 0 Å². The summed E-state index contributed by atoms with van der Waals surface area (Å²) in [5, 5.41) is 4.40. The molecule has 19 heavy (non-hydrogen) atoms. The van der Waals surface area contributed by atoms with Crippen LogP contribution in [0.5, 0.6) is 0 Å². The largest absolute Gasteiger partial charge is 0.369 e. The second-order valence-electron chi connectivity index (χ2n) is 5.28. The molecule has 0 bridgehead atoms. The van der Waals surface area contributed by atoms with Crippen LogP contribution in [0.15, 0.2) is 4.47 Å². The van der Waals surface area contributed by atoms with Gasteiger partial charge in [-0.05, 0) is 35.7 Å². The van der Waals surface area contributed by atoms with Gasteiger partial charge in [-0.2, -0.15) is 5.10 Å². The van der Waals surface area contributed by atoms with Gasteiger partial charge in [0.15, 0.2) is 0 Å². The molecule has 6 heteroatoms. The summed E-state index contributed by atoms with van der Waals surface area (Å²) in [6.45, 7) is 3.01. The number of hydrogen-bond donors (Lipinski definition) is 1. The van der Waals surface area contributed by atoms with Crippen molar-refractivity contribution in [1.82, 2.24) is 14.7 Å². The van der Waals surface area contributed by atoms with E-state index in [1.54, 1.807) is 0 Å². The van der Waals surface area contributed by atoms with Crippen LogP contribution in [0, 0.1) is 6.92 Å². The lowest BCUT2D eigenvalue weighted by atomic mass is 10.2. The van der Waals surface area contributed by atoms with E-state index >= 15 is 0 Å². The zero-order valence-corrected chi connectivity index (χ0v) is 13.1. The van der Waals surface area contributed by atoms with E-state index in [1.165, 1.54) is 12.8 Å². The number of halogens is 1. The Morgan fingerprint density at radius 3 is 2.63 bits per heavy atom. The predicted molar refractivity (Wildman–Crippen MR) is 77.5 cm³/mol. The van der Waals surface area contributed by atoms with Crippen molar-refractivity contribution in [1.29, 1.82) is 0 Å². The van der Waals surface area contributed by atoms with Gasteiger partial charge in [-0.3, -0.25) is 14.4 Å². The SMILES string of the molecule is Cc1nn(C)c(CN(CC(N)=O)C2CCCC2)c1Br. The Morgan fingerprint density at radius 2 is 2.16 bits per heavy atom. The Hall–Kier alpha value is -0.880. The normalized spacial score (nSPS) is 16.4. The number of nitrogens with two attached hydrogens (primary N) is 1. The summed E-state index contributed by atoms with van der Waals surface area (Å²) in [6, 6.07) is 0.467. The fraction of sp³-hybridized carbons (Fsp3) is 0.692. The van der Waals surface area contributed by atoms with Crippen molar-refractivity contribution in [3.63, 3.8) is 0 Å². The van der Waals surface area contributed by atoms with Crippen LogP contribution in [-0.4, -0.2) is 33.2 Å². The molecular weight excluding hydrogens is 308 g/mol. The molecule has 1 aromatic heterocycles. The highest BCUT2D eigenvalue weighted by atomic mass is 79.9. The highest BCUT2D eigenvalue weighted by Crippen LogP contribution is 2.27. The smallest absolute Gasteiger partial charge is 0.231 e. The molecule has 1 saturated carbocycles. The van der Waals surface area contributed by atoms with Crippen molar-refractivity contribution in [3.05, 3.63) is 15.9 Å². The first kappa shape index (κ1) is 14.5. The van der Waals surface area contributed by atoms with E-state index in [1.807, 2.05) is 18.7 Å². The molecule has 0 spiro atoms. The van der Waals surface area contributed by atoms with Gasteiger partial charge in [0.05, 0.1) is 22.4 Å². The molecule has 0 atom stereocenters. The van der Waals surface area contributed by atoms with E-state index in [-0.39, 0.29) is 5.91 Å². The lowest BCUT2D eigenvalue weighted by molar-refractivity contribution is -0.119. The van der Waals surface area contributed by atoms with Gasteiger partial charge in [-0.1, -0.05) is 12.8 Å². The van der Waals surface area contributed by atoms with Gasteiger partial charge < -0.3 is 5.73 Å². The van der Waals surface area contributed by atoms with Crippen LogP contribution in [0.4, 0.5) is 0 Å². The second kappa shape index (κ2) is 6.05. The van der Waals surface area contributed by atoms with Gasteiger partial charge in [0.1, 0.15) is 0 Å². The van der Waals surface area contributed by atoms with E-state index in [9.17, 15) is 4.79 Å². The van der Waals surface area contributed by atoms with Crippen molar-refractivity contribution < 1.29 is 4.79 Å². The lowest BCUT2D eigenvalue weighted by Gasteiger charge is -2.27. The monoisotopic (exact) mass is 328 g/mol. The number of hydrogen-bond acceptors (Lipinski definition) is 3. The quantitative estimate of drug-likeness (QED) is 0.895. The minimum absolute atomic E-state index is 0.262. The molecule has 1 fully saturated rings. The highest BCUT2D eigenvalue weighted by Gasteiger charge is 2.25. The summed E-state index contributed by atoms with van der Waals surface area (Å²) in [4.78, 5) is 13.5. The van der Waals surface area contributed by atoms with E-state index in [4.69, 9.17) is 5.73 Å². The minimum Gasteiger partial charge on any atom is -0.369 e. The third-order valence-corrected chi connectivity index (χ3v) is 4.85.